The first-order chi connectivity index (χ1) is 11.1. The molecule has 2 aliphatic rings. The molecule has 2 heterocycles. The predicted octanol–water partition coefficient (Wildman–Crippen LogP) is 2.48. The van der Waals surface area contributed by atoms with Crippen molar-refractivity contribution in [2.24, 2.45) is 5.92 Å². The van der Waals surface area contributed by atoms with Crippen LogP contribution in [0, 0.1) is 5.92 Å². The van der Waals surface area contributed by atoms with E-state index in [0.29, 0.717) is 5.88 Å². The second-order valence-corrected chi connectivity index (χ2v) is 6.41. The minimum absolute atomic E-state index is 0.131. The van der Waals surface area contributed by atoms with Crippen molar-refractivity contribution in [3.8, 4) is 5.88 Å². The predicted molar refractivity (Wildman–Crippen MR) is 84.8 cm³/mol. The van der Waals surface area contributed by atoms with Crippen LogP contribution in [-0.2, 0) is 11.3 Å². The number of amides is 3. The number of hydrogen-bond acceptors (Lipinski definition) is 4. The van der Waals surface area contributed by atoms with E-state index in [1.807, 2.05) is 26.0 Å². The highest BCUT2D eigenvalue weighted by Crippen LogP contribution is 2.25. The van der Waals surface area contributed by atoms with Crippen LogP contribution >= 0.6 is 0 Å². The maximum Gasteiger partial charge on any atom is 0.325 e. The van der Waals surface area contributed by atoms with E-state index >= 15 is 0 Å². The summed E-state index contributed by atoms with van der Waals surface area (Å²) in [5, 5.41) is 2.78. The molecule has 1 aromatic heterocycles. The van der Waals surface area contributed by atoms with E-state index in [2.05, 4.69) is 10.3 Å². The summed E-state index contributed by atoms with van der Waals surface area (Å²) in [4.78, 5) is 30.0. The first-order valence-electron chi connectivity index (χ1n) is 8.32. The fourth-order valence-electron chi connectivity index (χ4n) is 2.77. The monoisotopic (exact) mass is 317 g/mol. The molecule has 0 bridgehead atoms. The van der Waals surface area contributed by atoms with Crippen LogP contribution in [0.15, 0.2) is 18.3 Å². The van der Waals surface area contributed by atoms with Gasteiger partial charge in [0.2, 0.25) is 5.88 Å². The number of ether oxygens (including phenoxy) is 1. The molecule has 0 radical (unpaired) electrons. The number of carbonyl (C=O) groups excluding carboxylic acids is 2. The molecule has 124 valence electrons. The molecule has 1 aliphatic heterocycles. The Morgan fingerprint density at radius 3 is 2.87 bits per heavy atom. The number of aromatic nitrogens is 1. The van der Waals surface area contributed by atoms with Gasteiger partial charge in [0.15, 0.2) is 0 Å². The van der Waals surface area contributed by atoms with Crippen LogP contribution in [0.3, 0.4) is 0 Å². The molecule has 0 aromatic carbocycles. The van der Waals surface area contributed by atoms with Gasteiger partial charge in [0.1, 0.15) is 12.1 Å². The van der Waals surface area contributed by atoms with E-state index in [0.717, 1.165) is 24.8 Å². The highest BCUT2D eigenvalue weighted by Gasteiger charge is 2.40. The third-order valence-corrected chi connectivity index (χ3v) is 4.75. The maximum absolute atomic E-state index is 12.4. The van der Waals surface area contributed by atoms with Gasteiger partial charge in [-0.15, -0.1) is 0 Å². The van der Waals surface area contributed by atoms with E-state index in [-0.39, 0.29) is 30.5 Å². The second-order valence-electron chi connectivity index (χ2n) is 6.41. The first kappa shape index (κ1) is 15.8. The van der Waals surface area contributed by atoms with Crippen molar-refractivity contribution in [2.45, 2.75) is 58.2 Å². The molecular weight excluding hydrogens is 294 g/mol. The van der Waals surface area contributed by atoms with Gasteiger partial charge in [0.25, 0.3) is 5.91 Å². The molecule has 2 fully saturated rings. The minimum atomic E-state index is -0.417. The highest BCUT2D eigenvalue weighted by molar-refractivity contribution is 6.04. The van der Waals surface area contributed by atoms with Crippen LogP contribution in [0.25, 0.3) is 0 Å². The van der Waals surface area contributed by atoms with Gasteiger partial charge in [-0.25, -0.2) is 9.78 Å². The zero-order valence-corrected chi connectivity index (χ0v) is 13.6. The molecule has 2 atom stereocenters. The number of nitrogens with one attached hydrogen (secondary N) is 1. The Bertz CT molecular complexity index is 601. The van der Waals surface area contributed by atoms with Gasteiger partial charge in [0, 0.05) is 12.3 Å². The second kappa shape index (κ2) is 6.56. The summed E-state index contributed by atoms with van der Waals surface area (Å²) in [6, 6.07) is 2.89. The Kier molecular flexibility index (Phi) is 4.50. The number of rotatable bonds is 6. The van der Waals surface area contributed by atoms with E-state index in [1.54, 1.807) is 6.20 Å². The van der Waals surface area contributed by atoms with Crippen LogP contribution in [0.4, 0.5) is 4.79 Å². The maximum atomic E-state index is 12.4. The largest absolute Gasteiger partial charge is 0.474 e. The van der Waals surface area contributed by atoms with Gasteiger partial charge in [-0.05, 0) is 36.8 Å². The zero-order valence-electron chi connectivity index (χ0n) is 13.6. The smallest absolute Gasteiger partial charge is 0.325 e. The van der Waals surface area contributed by atoms with Crippen molar-refractivity contribution in [3.05, 3.63) is 23.9 Å². The van der Waals surface area contributed by atoms with Crippen LogP contribution in [-0.4, -0.2) is 34.0 Å². The SMILES string of the molecule is CC[C@H](C)[C@@H]1NC(=O)N(Cc2ccnc(OC3CCC3)c2)C1=O. The fraction of sp³-hybridized carbons (Fsp3) is 0.588. The molecule has 1 aromatic rings. The standard InChI is InChI=1S/C17H23N3O3/c1-3-11(2)15-16(21)20(17(22)19-15)10-12-7-8-18-14(9-12)23-13-5-4-6-13/h7-9,11,13,15H,3-6,10H2,1-2H3,(H,19,22)/t11-,15-/m0/s1. The number of pyridine rings is 1. The Morgan fingerprint density at radius 1 is 1.43 bits per heavy atom. The summed E-state index contributed by atoms with van der Waals surface area (Å²) in [6.45, 7) is 4.24. The van der Waals surface area contributed by atoms with Crippen molar-refractivity contribution < 1.29 is 14.3 Å². The Morgan fingerprint density at radius 2 is 2.22 bits per heavy atom. The summed E-state index contributed by atoms with van der Waals surface area (Å²) >= 11 is 0. The molecule has 1 aliphatic carbocycles. The molecule has 1 N–H and O–H groups in total. The molecule has 6 heteroatoms. The highest BCUT2D eigenvalue weighted by atomic mass is 16.5. The minimum Gasteiger partial charge on any atom is -0.474 e. The topological polar surface area (TPSA) is 71.5 Å². The molecule has 0 unspecified atom stereocenters. The molecule has 3 amide bonds. The quantitative estimate of drug-likeness (QED) is 0.818. The normalized spacial score (nSPS) is 22.7. The van der Waals surface area contributed by atoms with E-state index in [1.165, 1.54) is 11.3 Å². The average Bonchev–Trinajstić information content (AvgIpc) is 2.79. The summed E-state index contributed by atoms with van der Waals surface area (Å²) in [5.41, 5.74) is 0.850. The molecule has 1 saturated carbocycles. The van der Waals surface area contributed by atoms with Crippen molar-refractivity contribution in [2.75, 3.05) is 0 Å². The molecule has 3 rings (SSSR count). The molecule has 23 heavy (non-hydrogen) atoms. The van der Waals surface area contributed by atoms with Crippen molar-refractivity contribution >= 4 is 11.9 Å². The lowest BCUT2D eigenvalue weighted by atomic mass is 9.96. The van der Waals surface area contributed by atoms with Crippen LogP contribution in [0.5, 0.6) is 5.88 Å². The summed E-state index contributed by atoms with van der Waals surface area (Å²) in [6.07, 6.45) is 6.09. The Labute approximate surface area is 136 Å². The van der Waals surface area contributed by atoms with Crippen LogP contribution < -0.4 is 10.1 Å². The molecule has 0 spiro atoms. The molecule has 6 nitrogen and oxygen atoms in total. The zero-order chi connectivity index (χ0) is 16.4. The third kappa shape index (κ3) is 3.30. The van der Waals surface area contributed by atoms with E-state index in [4.69, 9.17) is 4.74 Å². The number of nitrogens with zero attached hydrogens (tertiary/aromatic N) is 2. The van der Waals surface area contributed by atoms with Crippen LogP contribution in [0.1, 0.15) is 45.1 Å². The van der Waals surface area contributed by atoms with Gasteiger partial charge in [-0.1, -0.05) is 20.3 Å². The Hall–Kier alpha value is -2.11. The van der Waals surface area contributed by atoms with Gasteiger partial charge in [0.05, 0.1) is 6.54 Å². The van der Waals surface area contributed by atoms with E-state index in [9.17, 15) is 9.59 Å². The lowest BCUT2D eigenvalue weighted by Gasteiger charge is -2.25. The van der Waals surface area contributed by atoms with Crippen LogP contribution in [0.2, 0.25) is 0 Å². The van der Waals surface area contributed by atoms with Gasteiger partial charge in [-0.2, -0.15) is 0 Å². The fourth-order valence-corrected chi connectivity index (χ4v) is 2.77. The summed E-state index contributed by atoms with van der Waals surface area (Å²) in [7, 11) is 0. The van der Waals surface area contributed by atoms with Crippen molar-refractivity contribution in [1.82, 2.24) is 15.2 Å². The van der Waals surface area contributed by atoms with Gasteiger partial charge in [-0.3, -0.25) is 9.69 Å². The van der Waals surface area contributed by atoms with E-state index < -0.39 is 6.04 Å². The first-order valence-corrected chi connectivity index (χ1v) is 8.32. The lowest BCUT2D eigenvalue weighted by molar-refractivity contribution is -0.128. The van der Waals surface area contributed by atoms with Crippen molar-refractivity contribution in [3.63, 3.8) is 0 Å². The van der Waals surface area contributed by atoms with Crippen molar-refractivity contribution in [1.29, 1.82) is 0 Å². The molecular formula is C17H23N3O3. The van der Waals surface area contributed by atoms with Gasteiger partial charge >= 0.3 is 6.03 Å². The Balaban J connectivity index is 1.67. The number of carbonyl (C=O) groups is 2. The number of hydrogen-bond donors (Lipinski definition) is 1. The average molecular weight is 317 g/mol. The van der Waals surface area contributed by atoms with Gasteiger partial charge < -0.3 is 10.1 Å². The third-order valence-electron chi connectivity index (χ3n) is 4.75. The summed E-state index contributed by atoms with van der Waals surface area (Å²) < 4.78 is 5.77. The lowest BCUT2D eigenvalue weighted by Crippen LogP contribution is -2.35. The number of urea groups is 1. The molecule has 1 saturated heterocycles. The number of imide groups is 1. The summed E-state index contributed by atoms with van der Waals surface area (Å²) in [5.74, 6) is 0.548.